The molecule has 6 nitrogen and oxygen atoms in total. The molecule has 0 aliphatic rings. The molecule has 0 heterocycles. The van der Waals surface area contributed by atoms with E-state index in [9.17, 15) is 28.1 Å². The maximum Gasteiger partial charge on any atom is 0.416 e. The molecule has 0 spiro atoms. The summed E-state index contributed by atoms with van der Waals surface area (Å²) in [5, 5.41) is 22.1. The number of hydrogen-bond acceptors (Lipinski definition) is 4. The van der Waals surface area contributed by atoms with Crippen LogP contribution in [0.25, 0.3) is 0 Å². The number of benzene rings is 1. The van der Waals surface area contributed by atoms with Gasteiger partial charge in [0.25, 0.3) is 5.69 Å². The molecule has 0 amide bonds. The first-order valence-electron chi connectivity index (χ1n) is 5.55. The number of nitro groups is 1. The van der Waals surface area contributed by atoms with E-state index in [4.69, 9.17) is 5.11 Å². The zero-order valence-electron chi connectivity index (χ0n) is 10.6. The van der Waals surface area contributed by atoms with Gasteiger partial charge in [0.1, 0.15) is 5.69 Å². The lowest BCUT2D eigenvalue weighted by Gasteiger charge is -2.16. The number of hydrogen-bond donors (Lipinski definition) is 2. The molecule has 1 aromatic carbocycles. The Balaban J connectivity index is 3.26. The van der Waals surface area contributed by atoms with Crippen molar-refractivity contribution in [3.63, 3.8) is 0 Å². The maximum atomic E-state index is 12.6. The Morgan fingerprint density at radius 3 is 2.52 bits per heavy atom. The van der Waals surface area contributed by atoms with Crippen molar-refractivity contribution in [1.82, 2.24) is 0 Å². The van der Waals surface area contributed by atoms with Gasteiger partial charge >= 0.3 is 12.1 Å². The van der Waals surface area contributed by atoms with Crippen LogP contribution in [0.15, 0.2) is 16.6 Å². The first-order valence-corrected chi connectivity index (χ1v) is 6.35. The summed E-state index contributed by atoms with van der Waals surface area (Å²) in [7, 11) is 0. The number of aliphatic carboxylic acids is 1. The van der Waals surface area contributed by atoms with Crippen molar-refractivity contribution in [1.29, 1.82) is 0 Å². The summed E-state index contributed by atoms with van der Waals surface area (Å²) in [6, 6.07) is 0.401. The number of halogens is 4. The van der Waals surface area contributed by atoms with Crippen molar-refractivity contribution >= 4 is 33.3 Å². The minimum absolute atomic E-state index is 0.165. The second kappa shape index (κ2) is 6.29. The summed E-state index contributed by atoms with van der Waals surface area (Å²) in [6.45, 7) is 1.45. The highest BCUT2D eigenvalue weighted by molar-refractivity contribution is 9.10. The molecule has 2 N–H and O–H groups in total. The van der Waals surface area contributed by atoms with E-state index in [0.29, 0.717) is 12.1 Å². The third-order valence-corrected chi connectivity index (χ3v) is 3.09. The molecule has 0 aliphatic heterocycles. The van der Waals surface area contributed by atoms with Gasteiger partial charge < -0.3 is 10.4 Å². The van der Waals surface area contributed by atoms with Crippen LogP contribution in [0.3, 0.4) is 0 Å². The summed E-state index contributed by atoms with van der Waals surface area (Å²) in [4.78, 5) is 20.5. The van der Waals surface area contributed by atoms with Gasteiger partial charge in [0.05, 0.1) is 16.9 Å². The molecule has 1 rings (SSSR count). The number of carbonyl (C=O) groups is 1. The predicted octanol–water partition coefficient (Wildman–Crippen LogP) is 3.65. The van der Waals surface area contributed by atoms with Crippen LogP contribution in [0, 0.1) is 10.1 Å². The van der Waals surface area contributed by atoms with E-state index in [1.54, 1.807) is 0 Å². The van der Waals surface area contributed by atoms with Gasteiger partial charge in [0.2, 0.25) is 0 Å². The molecule has 0 aliphatic carbocycles. The van der Waals surface area contributed by atoms with E-state index in [1.165, 1.54) is 6.92 Å². The first-order chi connectivity index (χ1) is 9.52. The fourth-order valence-corrected chi connectivity index (χ4v) is 2.17. The Kier molecular flexibility index (Phi) is 5.15. The molecule has 1 atom stereocenters. The van der Waals surface area contributed by atoms with E-state index in [2.05, 4.69) is 21.2 Å². The van der Waals surface area contributed by atoms with Crippen LogP contribution in [-0.2, 0) is 11.0 Å². The Hall–Kier alpha value is -1.84. The van der Waals surface area contributed by atoms with Crippen LogP contribution in [0.2, 0.25) is 0 Å². The van der Waals surface area contributed by atoms with Crippen molar-refractivity contribution < 1.29 is 28.0 Å². The van der Waals surface area contributed by atoms with Crippen LogP contribution in [0.5, 0.6) is 0 Å². The fraction of sp³-hybridized carbons (Fsp3) is 0.364. The lowest BCUT2D eigenvalue weighted by atomic mass is 10.1. The average molecular weight is 371 g/mol. The quantitative estimate of drug-likeness (QED) is 0.609. The van der Waals surface area contributed by atoms with E-state index in [-0.39, 0.29) is 16.6 Å². The lowest BCUT2D eigenvalue weighted by Crippen LogP contribution is -2.20. The van der Waals surface area contributed by atoms with Gasteiger partial charge in [-0.3, -0.25) is 14.9 Å². The summed E-state index contributed by atoms with van der Waals surface area (Å²) < 4.78 is 37.7. The number of nitrogens with zero attached hydrogens (tertiary/aromatic N) is 1. The van der Waals surface area contributed by atoms with Gasteiger partial charge in [0, 0.05) is 16.6 Å². The highest BCUT2D eigenvalue weighted by atomic mass is 79.9. The minimum atomic E-state index is -4.72. The fourth-order valence-electron chi connectivity index (χ4n) is 1.60. The summed E-state index contributed by atoms with van der Waals surface area (Å²) in [5.74, 6) is -1.14. The molecule has 0 radical (unpaired) electrons. The highest BCUT2D eigenvalue weighted by Gasteiger charge is 2.34. The predicted molar refractivity (Wildman–Crippen MR) is 71.1 cm³/mol. The number of alkyl halides is 3. The van der Waals surface area contributed by atoms with Gasteiger partial charge in [-0.25, -0.2) is 0 Å². The molecular formula is C11H10BrF3N2O4. The molecule has 10 heteroatoms. The monoisotopic (exact) mass is 370 g/mol. The molecule has 116 valence electrons. The molecule has 0 saturated heterocycles. The van der Waals surface area contributed by atoms with E-state index >= 15 is 0 Å². The molecule has 0 saturated carbocycles. The second-order valence-corrected chi connectivity index (χ2v) is 5.10. The van der Waals surface area contributed by atoms with Crippen molar-refractivity contribution in [2.24, 2.45) is 0 Å². The number of nitrogens with one attached hydrogen (secondary N) is 1. The number of anilines is 1. The van der Waals surface area contributed by atoms with E-state index in [0.717, 1.165) is 0 Å². The average Bonchev–Trinajstić information content (AvgIpc) is 2.28. The van der Waals surface area contributed by atoms with Gasteiger partial charge in [-0.15, -0.1) is 0 Å². The van der Waals surface area contributed by atoms with E-state index in [1.807, 2.05) is 0 Å². The Morgan fingerprint density at radius 2 is 2.10 bits per heavy atom. The molecule has 1 unspecified atom stereocenters. The standard InChI is InChI=1S/C11H10BrF3N2O4/c1-5(2-9(18)19)16-10-7(12)3-6(11(13,14)15)4-8(10)17(20)21/h3-5,16H,2H2,1H3,(H,18,19). The Morgan fingerprint density at radius 1 is 1.52 bits per heavy atom. The number of nitro benzene ring substituents is 1. The van der Waals surface area contributed by atoms with Crippen LogP contribution < -0.4 is 5.32 Å². The normalized spacial score (nSPS) is 12.8. The molecular weight excluding hydrogens is 361 g/mol. The summed E-state index contributed by atoms with van der Waals surface area (Å²) in [5.41, 5.74) is -2.15. The van der Waals surface area contributed by atoms with Crippen molar-refractivity contribution in [3.05, 3.63) is 32.3 Å². The van der Waals surface area contributed by atoms with E-state index < -0.39 is 34.4 Å². The first kappa shape index (κ1) is 17.2. The smallest absolute Gasteiger partial charge is 0.416 e. The van der Waals surface area contributed by atoms with Crippen molar-refractivity contribution in [2.75, 3.05) is 5.32 Å². The number of carboxylic acid groups (broad SMARTS) is 1. The summed E-state index contributed by atoms with van der Waals surface area (Å²) >= 11 is 2.84. The molecule has 0 fully saturated rings. The number of carboxylic acids is 1. The van der Waals surface area contributed by atoms with Gasteiger partial charge in [-0.2, -0.15) is 13.2 Å². The van der Waals surface area contributed by atoms with Gasteiger partial charge in [0.15, 0.2) is 0 Å². The van der Waals surface area contributed by atoms with Crippen LogP contribution in [0.4, 0.5) is 24.5 Å². The zero-order chi connectivity index (χ0) is 16.4. The Bertz CT molecular complexity index is 577. The summed E-state index contributed by atoms with van der Waals surface area (Å²) in [6.07, 6.45) is -5.07. The third kappa shape index (κ3) is 4.59. The lowest BCUT2D eigenvalue weighted by molar-refractivity contribution is -0.384. The molecule has 0 bridgehead atoms. The number of rotatable bonds is 5. The van der Waals surface area contributed by atoms with Crippen LogP contribution in [-0.4, -0.2) is 22.0 Å². The topological polar surface area (TPSA) is 92.5 Å². The third-order valence-electron chi connectivity index (χ3n) is 2.46. The molecule has 1 aromatic rings. The van der Waals surface area contributed by atoms with Crippen molar-refractivity contribution in [3.8, 4) is 0 Å². The van der Waals surface area contributed by atoms with Crippen molar-refractivity contribution in [2.45, 2.75) is 25.6 Å². The maximum absolute atomic E-state index is 12.6. The minimum Gasteiger partial charge on any atom is -0.481 e. The zero-order valence-corrected chi connectivity index (χ0v) is 12.2. The Labute approximate surface area is 125 Å². The van der Waals surface area contributed by atoms with Gasteiger partial charge in [-0.05, 0) is 28.9 Å². The van der Waals surface area contributed by atoms with Crippen LogP contribution >= 0.6 is 15.9 Å². The van der Waals surface area contributed by atoms with Gasteiger partial charge in [-0.1, -0.05) is 0 Å². The molecule has 0 aromatic heterocycles. The largest absolute Gasteiger partial charge is 0.481 e. The molecule has 21 heavy (non-hydrogen) atoms. The highest BCUT2D eigenvalue weighted by Crippen LogP contribution is 2.40. The second-order valence-electron chi connectivity index (χ2n) is 4.25. The SMILES string of the molecule is CC(CC(=O)O)Nc1c(Br)cc(C(F)(F)F)cc1[N+](=O)[O-]. The van der Waals surface area contributed by atoms with Crippen LogP contribution in [0.1, 0.15) is 18.9 Å².